The molecule has 0 aliphatic heterocycles. The number of anilines is 1. The Kier molecular flexibility index (Phi) is 2.21. The maximum atomic E-state index is 5.67. The Hall–Kier alpha value is -0.640. The molecular formula is C6H11N3S. The fraction of sp³-hybridized carbons (Fsp3) is 0.500. The molecule has 1 rings (SSSR count). The Bertz CT molecular complexity index is 219. The number of hydrogen-bond donors (Lipinski definition) is 1. The largest absolute Gasteiger partial charge is 0.383 e. The van der Waals surface area contributed by atoms with Crippen LogP contribution in [0.3, 0.4) is 0 Å². The molecule has 0 aliphatic rings. The second-order valence-corrected chi connectivity index (χ2v) is 3.26. The van der Waals surface area contributed by atoms with Gasteiger partial charge in [-0.2, -0.15) is 5.10 Å². The van der Waals surface area contributed by atoms with Gasteiger partial charge in [-0.15, -0.1) is 11.8 Å². The highest BCUT2D eigenvalue weighted by atomic mass is 32.2. The van der Waals surface area contributed by atoms with Crippen molar-refractivity contribution in [1.82, 2.24) is 9.78 Å². The van der Waals surface area contributed by atoms with E-state index in [4.69, 9.17) is 5.73 Å². The van der Waals surface area contributed by atoms with E-state index >= 15 is 0 Å². The summed E-state index contributed by atoms with van der Waals surface area (Å²) in [5, 5.41) is 4.01. The lowest BCUT2D eigenvalue weighted by Crippen LogP contribution is -1.97. The molecule has 0 bridgehead atoms. The zero-order valence-corrected chi connectivity index (χ0v) is 6.98. The number of aryl methyl sites for hydroxylation is 1. The summed E-state index contributed by atoms with van der Waals surface area (Å²) in [4.78, 5) is 1.07. The maximum absolute atomic E-state index is 5.67. The highest BCUT2D eigenvalue weighted by Gasteiger charge is 2.01. The molecule has 0 radical (unpaired) electrons. The fourth-order valence-corrected chi connectivity index (χ4v) is 1.41. The molecule has 10 heavy (non-hydrogen) atoms. The minimum atomic E-state index is 0.756. The van der Waals surface area contributed by atoms with Gasteiger partial charge >= 0.3 is 0 Å². The van der Waals surface area contributed by atoms with Crippen LogP contribution < -0.4 is 5.73 Å². The standard InChI is InChI=1S/C6H11N3S/c1-3-10-5-4-8-9(2)6(5)7/h4H,3,7H2,1-2H3. The van der Waals surface area contributed by atoms with E-state index in [1.807, 2.05) is 7.05 Å². The van der Waals surface area contributed by atoms with Crippen molar-refractivity contribution < 1.29 is 0 Å². The molecule has 0 atom stereocenters. The topological polar surface area (TPSA) is 43.8 Å². The number of rotatable bonds is 2. The van der Waals surface area contributed by atoms with Gasteiger partial charge in [-0.1, -0.05) is 6.92 Å². The van der Waals surface area contributed by atoms with Crippen LogP contribution in [0.5, 0.6) is 0 Å². The molecule has 0 unspecified atom stereocenters. The van der Waals surface area contributed by atoms with Gasteiger partial charge in [0.1, 0.15) is 5.82 Å². The van der Waals surface area contributed by atoms with Gasteiger partial charge < -0.3 is 5.73 Å². The minimum Gasteiger partial charge on any atom is -0.383 e. The first-order valence-corrected chi connectivity index (χ1v) is 4.14. The summed E-state index contributed by atoms with van der Waals surface area (Å²) >= 11 is 1.71. The van der Waals surface area contributed by atoms with E-state index in [0.29, 0.717) is 0 Å². The first kappa shape index (κ1) is 7.47. The third-order valence-electron chi connectivity index (χ3n) is 1.25. The van der Waals surface area contributed by atoms with Crippen molar-refractivity contribution in [3.63, 3.8) is 0 Å². The smallest absolute Gasteiger partial charge is 0.135 e. The summed E-state index contributed by atoms with van der Waals surface area (Å²) in [5.74, 6) is 1.79. The Morgan fingerprint density at radius 3 is 2.90 bits per heavy atom. The fourth-order valence-electron chi connectivity index (χ4n) is 0.694. The van der Waals surface area contributed by atoms with Crippen LogP contribution in [0.15, 0.2) is 11.1 Å². The van der Waals surface area contributed by atoms with Crippen LogP contribution in [0.25, 0.3) is 0 Å². The van der Waals surface area contributed by atoms with Crippen molar-refractivity contribution in [1.29, 1.82) is 0 Å². The van der Waals surface area contributed by atoms with E-state index in [1.54, 1.807) is 22.6 Å². The van der Waals surface area contributed by atoms with Crippen molar-refractivity contribution in [3.8, 4) is 0 Å². The summed E-state index contributed by atoms with van der Waals surface area (Å²) < 4.78 is 1.68. The van der Waals surface area contributed by atoms with Crippen molar-refractivity contribution in [2.75, 3.05) is 11.5 Å². The third kappa shape index (κ3) is 1.26. The van der Waals surface area contributed by atoms with E-state index in [-0.39, 0.29) is 0 Å². The van der Waals surface area contributed by atoms with E-state index in [0.717, 1.165) is 16.5 Å². The van der Waals surface area contributed by atoms with Crippen molar-refractivity contribution in [2.24, 2.45) is 7.05 Å². The number of nitrogens with zero attached hydrogens (tertiary/aromatic N) is 2. The molecule has 0 saturated carbocycles. The lowest BCUT2D eigenvalue weighted by atomic mass is 10.6. The molecule has 0 amide bonds. The van der Waals surface area contributed by atoms with Gasteiger partial charge in [0.2, 0.25) is 0 Å². The lowest BCUT2D eigenvalue weighted by Gasteiger charge is -1.95. The van der Waals surface area contributed by atoms with Crippen molar-refractivity contribution >= 4 is 17.6 Å². The number of hydrogen-bond acceptors (Lipinski definition) is 3. The first-order chi connectivity index (χ1) is 4.75. The summed E-state index contributed by atoms with van der Waals surface area (Å²) in [6.07, 6.45) is 1.80. The molecule has 2 N–H and O–H groups in total. The first-order valence-electron chi connectivity index (χ1n) is 3.16. The molecule has 0 spiro atoms. The molecule has 4 heteroatoms. The third-order valence-corrected chi connectivity index (χ3v) is 2.16. The zero-order chi connectivity index (χ0) is 7.56. The van der Waals surface area contributed by atoms with Gasteiger partial charge in [-0.25, -0.2) is 0 Å². The normalized spacial score (nSPS) is 10.2. The Labute approximate surface area is 64.6 Å². The maximum Gasteiger partial charge on any atom is 0.135 e. The van der Waals surface area contributed by atoms with E-state index in [1.165, 1.54) is 0 Å². The minimum absolute atomic E-state index is 0.756. The van der Waals surface area contributed by atoms with E-state index in [2.05, 4.69) is 12.0 Å². The number of nitrogen functional groups attached to an aromatic ring is 1. The predicted octanol–water partition coefficient (Wildman–Crippen LogP) is 1.11. The van der Waals surface area contributed by atoms with Gasteiger partial charge in [0.05, 0.1) is 11.1 Å². The van der Waals surface area contributed by atoms with Crippen LogP contribution in [0.2, 0.25) is 0 Å². The monoisotopic (exact) mass is 157 g/mol. The van der Waals surface area contributed by atoms with Gasteiger partial charge in [0.15, 0.2) is 0 Å². The molecule has 0 aromatic carbocycles. The summed E-state index contributed by atoms with van der Waals surface area (Å²) in [6.45, 7) is 2.09. The molecule has 1 aromatic rings. The van der Waals surface area contributed by atoms with E-state index in [9.17, 15) is 0 Å². The van der Waals surface area contributed by atoms with Crippen LogP contribution in [0.1, 0.15) is 6.92 Å². The molecule has 56 valence electrons. The molecule has 0 fully saturated rings. The zero-order valence-electron chi connectivity index (χ0n) is 6.16. The van der Waals surface area contributed by atoms with E-state index < -0.39 is 0 Å². The molecule has 3 nitrogen and oxygen atoms in total. The van der Waals surface area contributed by atoms with Crippen LogP contribution in [-0.2, 0) is 7.05 Å². The highest BCUT2D eigenvalue weighted by Crippen LogP contribution is 2.22. The molecule has 1 heterocycles. The quantitative estimate of drug-likeness (QED) is 0.654. The van der Waals surface area contributed by atoms with Gasteiger partial charge in [0, 0.05) is 7.05 Å². The highest BCUT2D eigenvalue weighted by molar-refractivity contribution is 7.99. The van der Waals surface area contributed by atoms with Crippen LogP contribution >= 0.6 is 11.8 Å². The van der Waals surface area contributed by atoms with Crippen LogP contribution in [0, 0.1) is 0 Å². The lowest BCUT2D eigenvalue weighted by molar-refractivity contribution is 0.778. The second-order valence-electron chi connectivity index (χ2n) is 1.95. The number of aromatic nitrogens is 2. The number of thioether (sulfide) groups is 1. The summed E-state index contributed by atoms with van der Waals surface area (Å²) in [5.41, 5.74) is 5.67. The molecule has 0 saturated heterocycles. The average molecular weight is 157 g/mol. The summed E-state index contributed by atoms with van der Waals surface area (Å²) in [6, 6.07) is 0. The number of nitrogens with two attached hydrogens (primary N) is 1. The Morgan fingerprint density at radius 1 is 1.80 bits per heavy atom. The summed E-state index contributed by atoms with van der Waals surface area (Å²) in [7, 11) is 1.84. The van der Waals surface area contributed by atoms with Crippen molar-refractivity contribution in [2.45, 2.75) is 11.8 Å². The molecule has 0 aliphatic carbocycles. The van der Waals surface area contributed by atoms with Gasteiger partial charge in [-0.05, 0) is 5.75 Å². The van der Waals surface area contributed by atoms with Crippen LogP contribution in [-0.4, -0.2) is 15.5 Å². The molecular weight excluding hydrogens is 146 g/mol. The Balaban J connectivity index is 2.83. The van der Waals surface area contributed by atoms with Crippen molar-refractivity contribution in [3.05, 3.63) is 6.20 Å². The molecule has 1 aromatic heterocycles. The van der Waals surface area contributed by atoms with Gasteiger partial charge in [-0.3, -0.25) is 4.68 Å². The average Bonchev–Trinajstić information content (AvgIpc) is 2.20. The van der Waals surface area contributed by atoms with Gasteiger partial charge in [0.25, 0.3) is 0 Å². The predicted molar refractivity (Wildman–Crippen MR) is 44.0 cm³/mol. The SMILES string of the molecule is CCSc1cnn(C)c1N. The Morgan fingerprint density at radius 2 is 2.50 bits per heavy atom. The van der Waals surface area contributed by atoms with Crippen LogP contribution in [0.4, 0.5) is 5.82 Å². The second kappa shape index (κ2) is 2.96.